The fourth-order valence-electron chi connectivity index (χ4n) is 1.65. The van der Waals surface area contributed by atoms with E-state index < -0.39 is 0 Å². The number of rotatable bonds is 5. The van der Waals surface area contributed by atoms with Crippen LogP contribution in [0.4, 0.5) is 0 Å². The predicted octanol–water partition coefficient (Wildman–Crippen LogP) is 0.949. The Morgan fingerprint density at radius 2 is 2.31 bits per heavy atom. The third-order valence-electron chi connectivity index (χ3n) is 2.53. The summed E-state index contributed by atoms with van der Waals surface area (Å²) < 4.78 is 5.22. The van der Waals surface area contributed by atoms with Gasteiger partial charge in [0.15, 0.2) is 0 Å². The zero-order valence-corrected chi connectivity index (χ0v) is 10.9. The van der Waals surface area contributed by atoms with Gasteiger partial charge in [-0.1, -0.05) is 0 Å². The van der Waals surface area contributed by atoms with Crippen LogP contribution in [0.25, 0.3) is 0 Å². The lowest BCUT2D eigenvalue weighted by Gasteiger charge is -2.22. The number of hydrogen-bond donors (Lipinski definition) is 2. The van der Waals surface area contributed by atoms with Gasteiger partial charge in [0.1, 0.15) is 6.61 Å². The minimum atomic E-state index is -0.00530. The average molecular weight is 251 g/mol. The van der Waals surface area contributed by atoms with Crippen molar-refractivity contribution in [3.8, 4) is 0 Å². The van der Waals surface area contributed by atoms with E-state index in [2.05, 4.69) is 10.6 Å². The van der Waals surface area contributed by atoms with Crippen molar-refractivity contribution in [1.29, 1.82) is 0 Å². The van der Waals surface area contributed by atoms with Crippen LogP contribution in [0.15, 0.2) is 0 Å². The molecule has 0 bridgehead atoms. The van der Waals surface area contributed by atoms with E-state index in [0.29, 0.717) is 5.92 Å². The molecule has 0 aromatic heterocycles. The maximum atomic E-state index is 11.3. The van der Waals surface area contributed by atoms with Crippen molar-refractivity contribution in [2.24, 2.45) is 5.92 Å². The summed E-state index contributed by atoms with van der Waals surface area (Å²) in [5, 5.41) is 6.23. The van der Waals surface area contributed by atoms with E-state index in [1.54, 1.807) is 0 Å². The molecule has 1 saturated heterocycles. The highest BCUT2D eigenvalue weighted by molar-refractivity contribution is 5.85. The lowest BCUT2D eigenvalue weighted by molar-refractivity contribution is -0.127. The average Bonchev–Trinajstić information content (AvgIpc) is 2.25. The van der Waals surface area contributed by atoms with E-state index in [1.807, 2.05) is 13.8 Å². The van der Waals surface area contributed by atoms with Gasteiger partial charge in [0.2, 0.25) is 5.91 Å². The lowest BCUT2D eigenvalue weighted by atomic mass is 10.00. The van der Waals surface area contributed by atoms with Gasteiger partial charge in [-0.3, -0.25) is 4.79 Å². The number of hydrogen-bond acceptors (Lipinski definition) is 3. The quantitative estimate of drug-likeness (QED) is 0.764. The molecule has 1 rings (SSSR count). The van der Waals surface area contributed by atoms with Crippen LogP contribution in [0.3, 0.4) is 0 Å². The highest BCUT2D eigenvalue weighted by atomic mass is 35.5. The third-order valence-corrected chi connectivity index (χ3v) is 2.53. The maximum Gasteiger partial charge on any atom is 0.246 e. The molecule has 1 amide bonds. The number of carbonyl (C=O) groups excluding carboxylic acids is 1. The summed E-state index contributed by atoms with van der Waals surface area (Å²) in [4.78, 5) is 11.3. The van der Waals surface area contributed by atoms with Gasteiger partial charge in [0.05, 0.1) is 6.10 Å². The van der Waals surface area contributed by atoms with Gasteiger partial charge in [0.25, 0.3) is 0 Å². The second-order valence-corrected chi connectivity index (χ2v) is 4.38. The van der Waals surface area contributed by atoms with Crippen molar-refractivity contribution in [3.05, 3.63) is 0 Å². The minimum absolute atomic E-state index is 0. The largest absolute Gasteiger partial charge is 0.369 e. The first-order chi connectivity index (χ1) is 7.18. The molecule has 0 radical (unpaired) electrons. The van der Waals surface area contributed by atoms with Crippen molar-refractivity contribution in [2.45, 2.75) is 32.8 Å². The summed E-state index contributed by atoms with van der Waals surface area (Å²) in [5.74, 6) is 0.580. The van der Waals surface area contributed by atoms with Gasteiger partial charge in [-0.15, -0.1) is 12.4 Å². The molecule has 4 nitrogen and oxygen atoms in total. The van der Waals surface area contributed by atoms with E-state index in [-0.39, 0.29) is 31.0 Å². The number of halogens is 1. The minimum Gasteiger partial charge on any atom is -0.369 e. The van der Waals surface area contributed by atoms with Crippen LogP contribution in [-0.2, 0) is 9.53 Å². The summed E-state index contributed by atoms with van der Waals surface area (Å²) in [5.41, 5.74) is 0. The van der Waals surface area contributed by atoms with Gasteiger partial charge >= 0.3 is 0 Å². The van der Waals surface area contributed by atoms with Crippen LogP contribution in [0, 0.1) is 5.92 Å². The number of amides is 1. The van der Waals surface area contributed by atoms with Crippen LogP contribution in [0.2, 0.25) is 0 Å². The fourth-order valence-corrected chi connectivity index (χ4v) is 1.65. The fraction of sp³-hybridized carbons (Fsp3) is 0.909. The Kier molecular flexibility index (Phi) is 8.61. The molecule has 1 atom stereocenters. The number of piperidine rings is 1. The Labute approximate surface area is 104 Å². The van der Waals surface area contributed by atoms with Gasteiger partial charge < -0.3 is 15.4 Å². The van der Waals surface area contributed by atoms with Gasteiger partial charge in [0, 0.05) is 6.54 Å². The van der Waals surface area contributed by atoms with Crippen LogP contribution in [0.5, 0.6) is 0 Å². The second-order valence-electron chi connectivity index (χ2n) is 4.38. The molecule has 96 valence electrons. The Morgan fingerprint density at radius 1 is 1.56 bits per heavy atom. The number of carbonyl (C=O) groups is 1. The van der Waals surface area contributed by atoms with Crippen molar-refractivity contribution in [1.82, 2.24) is 10.6 Å². The second kappa shape index (κ2) is 8.79. The monoisotopic (exact) mass is 250 g/mol. The van der Waals surface area contributed by atoms with Crippen molar-refractivity contribution in [3.63, 3.8) is 0 Å². The molecule has 0 aromatic carbocycles. The predicted molar refractivity (Wildman–Crippen MR) is 66.9 cm³/mol. The first kappa shape index (κ1) is 15.7. The third kappa shape index (κ3) is 7.04. The molecule has 0 aliphatic carbocycles. The molecule has 1 aliphatic rings. The molecular weight excluding hydrogens is 228 g/mol. The summed E-state index contributed by atoms with van der Waals surface area (Å²) in [6.07, 6.45) is 2.54. The molecule has 5 heteroatoms. The first-order valence-corrected chi connectivity index (χ1v) is 5.77. The summed E-state index contributed by atoms with van der Waals surface area (Å²) in [6, 6.07) is 0. The van der Waals surface area contributed by atoms with Crippen LogP contribution in [-0.4, -0.2) is 38.3 Å². The molecule has 16 heavy (non-hydrogen) atoms. The molecule has 0 aromatic rings. The maximum absolute atomic E-state index is 11.3. The summed E-state index contributed by atoms with van der Waals surface area (Å²) in [7, 11) is 0. The van der Waals surface area contributed by atoms with Crippen LogP contribution >= 0.6 is 12.4 Å². The molecule has 2 N–H and O–H groups in total. The van der Waals surface area contributed by atoms with Gasteiger partial charge in [-0.05, 0) is 45.7 Å². The Morgan fingerprint density at radius 3 is 2.88 bits per heavy atom. The topological polar surface area (TPSA) is 50.4 Å². The smallest absolute Gasteiger partial charge is 0.246 e. The van der Waals surface area contributed by atoms with Crippen molar-refractivity contribution < 1.29 is 9.53 Å². The highest BCUT2D eigenvalue weighted by Gasteiger charge is 2.13. The molecule has 1 fully saturated rings. The first-order valence-electron chi connectivity index (χ1n) is 5.77. The van der Waals surface area contributed by atoms with E-state index in [4.69, 9.17) is 4.74 Å². The van der Waals surface area contributed by atoms with Gasteiger partial charge in [-0.2, -0.15) is 0 Å². The molecule has 0 spiro atoms. The zero-order chi connectivity index (χ0) is 11.1. The van der Waals surface area contributed by atoms with Crippen molar-refractivity contribution in [2.75, 3.05) is 26.2 Å². The SMILES string of the molecule is CC(C)OCC(=O)NCC1CCCNC1.Cl. The Bertz CT molecular complexity index is 194. The lowest BCUT2D eigenvalue weighted by Crippen LogP contribution is -2.39. The van der Waals surface area contributed by atoms with E-state index in [0.717, 1.165) is 19.6 Å². The molecule has 1 aliphatic heterocycles. The Balaban J connectivity index is 0.00000225. The van der Waals surface area contributed by atoms with Crippen molar-refractivity contribution >= 4 is 18.3 Å². The molecule has 1 unspecified atom stereocenters. The van der Waals surface area contributed by atoms with Crippen LogP contribution < -0.4 is 10.6 Å². The Hall–Kier alpha value is -0.320. The number of nitrogens with one attached hydrogen (secondary N) is 2. The summed E-state index contributed by atoms with van der Waals surface area (Å²) >= 11 is 0. The zero-order valence-electron chi connectivity index (χ0n) is 10.1. The molecular formula is C11H23ClN2O2. The van der Waals surface area contributed by atoms with E-state index >= 15 is 0 Å². The molecule has 1 heterocycles. The van der Waals surface area contributed by atoms with E-state index in [9.17, 15) is 4.79 Å². The van der Waals surface area contributed by atoms with E-state index in [1.165, 1.54) is 12.8 Å². The standard InChI is InChI=1S/C11H22N2O2.ClH/c1-9(2)15-8-11(14)13-7-10-4-3-5-12-6-10;/h9-10,12H,3-8H2,1-2H3,(H,13,14);1H. The van der Waals surface area contributed by atoms with Crippen LogP contribution in [0.1, 0.15) is 26.7 Å². The molecule has 0 saturated carbocycles. The normalized spacial score (nSPS) is 20.3. The highest BCUT2D eigenvalue weighted by Crippen LogP contribution is 2.07. The summed E-state index contributed by atoms with van der Waals surface area (Å²) in [6.45, 7) is 6.94. The van der Waals surface area contributed by atoms with Gasteiger partial charge in [-0.25, -0.2) is 0 Å². The number of ether oxygens (including phenoxy) is 1.